The molecule has 466 valence electrons. The van der Waals surface area contributed by atoms with Crippen molar-refractivity contribution in [1.82, 2.24) is 38.2 Å². The summed E-state index contributed by atoms with van der Waals surface area (Å²) in [5.74, 6) is 0. The molecule has 12 aromatic carbocycles. The van der Waals surface area contributed by atoms with E-state index < -0.39 is 0 Å². The lowest BCUT2D eigenvalue weighted by Gasteiger charge is -2.12. The van der Waals surface area contributed by atoms with Crippen molar-refractivity contribution in [3.63, 3.8) is 0 Å². The van der Waals surface area contributed by atoms with Crippen molar-refractivity contribution in [1.29, 1.82) is 0 Å². The third kappa shape index (κ3) is 9.30. The maximum atomic E-state index is 4.92. The summed E-state index contributed by atoms with van der Waals surface area (Å²) >= 11 is 0. The van der Waals surface area contributed by atoms with Gasteiger partial charge in [-0.15, -0.1) is 0 Å². The van der Waals surface area contributed by atoms with Gasteiger partial charge in [0, 0.05) is 90.6 Å². The summed E-state index contributed by atoms with van der Waals surface area (Å²) in [4.78, 5) is 19.6. The van der Waals surface area contributed by atoms with E-state index in [2.05, 4.69) is 346 Å². The summed E-state index contributed by atoms with van der Waals surface area (Å²) in [5, 5.41) is 9.70. The Morgan fingerprint density at radius 1 is 0.170 bits per heavy atom. The average Bonchev–Trinajstić information content (AvgIpc) is 1.59. The zero-order valence-electron chi connectivity index (χ0n) is 54.1. The van der Waals surface area contributed by atoms with E-state index in [-0.39, 0.29) is 0 Å². The van der Waals surface area contributed by atoms with Crippen LogP contribution in [0.25, 0.3) is 188 Å². The van der Waals surface area contributed by atoms with Crippen LogP contribution in [0.2, 0.25) is 0 Å². The molecular formula is C92H58N8. The summed E-state index contributed by atoms with van der Waals surface area (Å²) < 4.78 is 9.53. The van der Waals surface area contributed by atoms with E-state index in [4.69, 9.17) is 19.9 Å². The monoisotopic (exact) mass is 1270 g/mol. The Balaban J connectivity index is 0.618. The highest BCUT2D eigenvalue weighted by molar-refractivity contribution is 6.17. The highest BCUT2D eigenvalue weighted by Crippen LogP contribution is 2.44. The van der Waals surface area contributed by atoms with Crippen LogP contribution in [0, 0.1) is 0 Å². The Kier molecular flexibility index (Phi) is 13.1. The molecule has 8 aromatic heterocycles. The zero-order valence-corrected chi connectivity index (χ0v) is 54.1. The molecule has 0 amide bonds. The van der Waals surface area contributed by atoms with Crippen LogP contribution in [-0.2, 0) is 0 Å². The van der Waals surface area contributed by atoms with Crippen molar-refractivity contribution in [2.75, 3.05) is 0 Å². The van der Waals surface area contributed by atoms with E-state index in [1.54, 1.807) is 0 Å². The molecule has 0 saturated carbocycles. The van der Waals surface area contributed by atoms with Crippen LogP contribution in [0.5, 0.6) is 0 Å². The first-order valence-corrected chi connectivity index (χ1v) is 33.9. The minimum atomic E-state index is 0.811. The van der Waals surface area contributed by atoms with Gasteiger partial charge in [0.25, 0.3) is 0 Å². The summed E-state index contributed by atoms with van der Waals surface area (Å²) in [6.07, 6.45) is 7.60. The third-order valence-electron chi connectivity index (χ3n) is 20.2. The Bertz CT molecular complexity index is 6580. The second-order valence-corrected chi connectivity index (χ2v) is 25.8. The first-order chi connectivity index (χ1) is 49.6. The number of benzene rings is 12. The number of para-hydroxylation sites is 6. The van der Waals surface area contributed by atoms with Crippen molar-refractivity contribution in [3.05, 3.63) is 352 Å². The van der Waals surface area contributed by atoms with Crippen molar-refractivity contribution < 1.29 is 0 Å². The average molecular weight is 1280 g/mol. The van der Waals surface area contributed by atoms with Gasteiger partial charge >= 0.3 is 0 Å². The van der Waals surface area contributed by atoms with Gasteiger partial charge in [-0.05, 0) is 207 Å². The van der Waals surface area contributed by atoms with Gasteiger partial charge in [-0.2, -0.15) is 0 Å². The number of pyridine rings is 4. The number of hydrogen-bond donors (Lipinski definition) is 0. The molecule has 0 saturated heterocycles. The number of fused-ring (bicyclic) bond motifs is 12. The Hall–Kier alpha value is -13.6. The van der Waals surface area contributed by atoms with Crippen LogP contribution in [0.15, 0.2) is 352 Å². The Labute approximate surface area is 575 Å². The molecule has 8 heterocycles. The fourth-order valence-corrected chi connectivity index (χ4v) is 15.6. The minimum absolute atomic E-state index is 0.811. The van der Waals surface area contributed by atoms with Crippen molar-refractivity contribution >= 4 is 87.2 Å². The van der Waals surface area contributed by atoms with E-state index >= 15 is 0 Å². The summed E-state index contributed by atoms with van der Waals surface area (Å²) in [7, 11) is 0. The summed E-state index contributed by atoms with van der Waals surface area (Å²) in [6.45, 7) is 0. The topological polar surface area (TPSA) is 71.3 Å². The first kappa shape index (κ1) is 56.8. The Morgan fingerprint density at radius 3 is 0.960 bits per heavy atom. The quantitative estimate of drug-likeness (QED) is 0.129. The van der Waals surface area contributed by atoms with Crippen LogP contribution in [0.4, 0.5) is 0 Å². The SMILES string of the molecule is c1ccc(-n2c3ccccc3c3cc(-c4ccnc(-c5cc(-c6ccc7c8ccccc8n(-c8ccc(-c9cccc%10c9c9ccc(-c%11ccnc(-c%12cc(-c%13ccc(-n%14c%15ccccc%15c%15ccccc%15%14)cc%13)ccn%12)c%11)cc9n%10-c9ccccc9)cc8)c7c6)ccn5)c4)ccc32)cc1. The molecule has 8 heteroatoms. The first-order valence-electron chi connectivity index (χ1n) is 33.9. The maximum absolute atomic E-state index is 4.92. The van der Waals surface area contributed by atoms with Gasteiger partial charge in [-0.1, -0.05) is 176 Å². The molecule has 0 radical (unpaired) electrons. The van der Waals surface area contributed by atoms with Crippen LogP contribution in [0.1, 0.15) is 0 Å². The fourth-order valence-electron chi connectivity index (χ4n) is 15.6. The fraction of sp³-hybridized carbons (Fsp3) is 0. The van der Waals surface area contributed by atoms with Crippen LogP contribution < -0.4 is 0 Å². The van der Waals surface area contributed by atoms with Gasteiger partial charge in [0.05, 0.1) is 66.9 Å². The molecular weight excluding hydrogens is 1220 g/mol. The molecule has 0 fully saturated rings. The smallest absolute Gasteiger partial charge is 0.0892 e. The highest BCUT2D eigenvalue weighted by atomic mass is 15.0. The summed E-state index contributed by atoms with van der Waals surface area (Å²) in [5.41, 5.74) is 28.0. The van der Waals surface area contributed by atoms with Gasteiger partial charge in [-0.3, -0.25) is 19.9 Å². The minimum Gasteiger partial charge on any atom is -0.309 e. The lowest BCUT2D eigenvalue weighted by Crippen LogP contribution is -1.95. The zero-order chi connectivity index (χ0) is 65.8. The van der Waals surface area contributed by atoms with Crippen LogP contribution in [0.3, 0.4) is 0 Å². The van der Waals surface area contributed by atoms with Crippen LogP contribution in [-0.4, -0.2) is 38.2 Å². The molecule has 0 atom stereocenters. The molecule has 0 N–H and O–H groups in total. The number of hydrogen-bond acceptors (Lipinski definition) is 4. The predicted octanol–water partition coefficient (Wildman–Crippen LogP) is 23.3. The van der Waals surface area contributed by atoms with Crippen molar-refractivity contribution in [3.8, 4) is 101 Å². The van der Waals surface area contributed by atoms with Crippen LogP contribution >= 0.6 is 0 Å². The van der Waals surface area contributed by atoms with E-state index in [0.717, 1.165) is 118 Å². The molecule has 0 aliphatic heterocycles. The lowest BCUT2D eigenvalue weighted by molar-refractivity contribution is 1.18. The Morgan fingerprint density at radius 2 is 0.480 bits per heavy atom. The van der Waals surface area contributed by atoms with Crippen molar-refractivity contribution in [2.45, 2.75) is 0 Å². The second-order valence-electron chi connectivity index (χ2n) is 25.8. The molecule has 0 aliphatic rings. The predicted molar refractivity (Wildman–Crippen MR) is 413 cm³/mol. The van der Waals surface area contributed by atoms with E-state index in [0.29, 0.717) is 0 Å². The van der Waals surface area contributed by atoms with Gasteiger partial charge < -0.3 is 18.3 Å². The number of rotatable bonds is 11. The molecule has 20 aromatic rings. The molecule has 0 spiro atoms. The number of nitrogens with zero attached hydrogens (tertiary/aromatic N) is 8. The molecule has 100 heavy (non-hydrogen) atoms. The van der Waals surface area contributed by atoms with Gasteiger partial charge in [-0.25, -0.2) is 0 Å². The lowest BCUT2D eigenvalue weighted by atomic mass is 9.97. The standard InChI is InChI=1S/C92H58N8/c1-3-16-68(17-4-1)97-87-28-14-10-23-76(87)79-52-61(36-43-88(79)97)65-45-49-94-81(54-65)83-55-66(46-50-96-83)62-34-41-77-75-22-9-13-27-86(75)99(90(77)57-62)71-39-32-60(33-40-71)72-24-15-29-89-92(72)78-42-35-63(58-91(78)100(89)69-18-5-2-6-19-69)67-47-51-95-82(56-67)80-53-64(44-48-93-80)59-30-37-70(38-31-59)98-84-25-11-7-20-73(84)74-21-8-12-26-85(74)98/h1-58H. The van der Waals surface area contributed by atoms with E-state index in [1.807, 2.05) is 24.8 Å². The largest absolute Gasteiger partial charge is 0.309 e. The summed E-state index contributed by atoms with van der Waals surface area (Å²) in [6, 6.07) is 118. The highest BCUT2D eigenvalue weighted by Gasteiger charge is 2.21. The molecule has 0 aliphatic carbocycles. The molecule has 0 unspecified atom stereocenters. The van der Waals surface area contributed by atoms with E-state index in [1.165, 1.54) is 70.7 Å². The molecule has 0 bridgehead atoms. The molecule has 20 rings (SSSR count). The van der Waals surface area contributed by atoms with Gasteiger partial charge in [0.15, 0.2) is 0 Å². The third-order valence-corrected chi connectivity index (χ3v) is 20.2. The second kappa shape index (κ2) is 23.1. The van der Waals surface area contributed by atoms with Gasteiger partial charge in [0.2, 0.25) is 0 Å². The molecule has 8 nitrogen and oxygen atoms in total. The maximum Gasteiger partial charge on any atom is 0.0892 e. The number of aromatic nitrogens is 8. The normalized spacial score (nSPS) is 11.8. The van der Waals surface area contributed by atoms with Gasteiger partial charge in [0.1, 0.15) is 0 Å². The van der Waals surface area contributed by atoms with Crippen molar-refractivity contribution in [2.24, 2.45) is 0 Å². The van der Waals surface area contributed by atoms with E-state index in [9.17, 15) is 0 Å².